The third-order valence-electron chi connectivity index (χ3n) is 12.8. The van der Waals surface area contributed by atoms with E-state index in [0.717, 1.165) is 12.8 Å². The summed E-state index contributed by atoms with van der Waals surface area (Å²) in [6.07, 6.45) is 53.6. The molecule has 0 aromatic rings. The highest BCUT2D eigenvalue weighted by Gasteiger charge is 2.21. The molecule has 0 aliphatic rings. The monoisotopic (exact) mass is 845 g/mol. The molecule has 0 aromatic carbocycles. The Balaban J connectivity index is -0.000000442. The van der Waals surface area contributed by atoms with Gasteiger partial charge in [-0.15, -0.1) is 6.61 Å². The van der Waals surface area contributed by atoms with Crippen molar-refractivity contribution in [1.29, 1.82) is 0 Å². The first kappa shape index (κ1) is 64.8. The molecule has 0 bridgehead atoms. The van der Waals surface area contributed by atoms with E-state index >= 15 is 0 Å². The van der Waals surface area contributed by atoms with Crippen molar-refractivity contribution < 1.29 is 26.5 Å². The number of quaternary nitrogens is 2. The third-order valence-corrected chi connectivity index (χ3v) is 12.8. The molecule has 0 aromatic heterocycles. The summed E-state index contributed by atoms with van der Waals surface area (Å²) in [6, 6.07) is 0. The van der Waals surface area contributed by atoms with Gasteiger partial charge in [-0.3, -0.25) is 0 Å². The molecule has 0 spiro atoms. The zero-order valence-electron chi connectivity index (χ0n) is 42.5. The minimum atomic E-state index is 0. The van der Waals surface area contributed by atoms with E-state index in [4.69, 9.17) is 0 Å². The van der Waals surface area contributed by atoms with Crippen LogP contribution in [0.4, 0.5) is 0 Å². The van der Waals surface area contributed by atoms with Crippen molar-refractivity contribution in [3.05, 3.63) is 0 Å². The zero-order valence-corrected chi connectivity index (χ0v) is 43.3. The zero-order chi connectivity index (χ0) is 42.8. The van der Waals surface area contributed by atoms with Crippen LogP contribution in [-0.4, -0.2) is 68.9 Å². The van der Waals surface area contributed by atoms with E-state index in [1.54, 1.807) is 0 Å². The van der Waals surface area contributed by atoms with Crippen molar-refractivity contribution in [2.75, 3.05) is 60.0 Å². The molecule has 0 aliphatic carbocycles. The molecule has 0 rings (SSSR count). The summed E-state index contributed by atoms with van der Waals surface area (Å²) in [5.41, 5.74) is 0. The number of halogens is 1. The lowest BCUT2D eigenvalue weighted by molar-refractivity contribution is -0.910. The van der Waals surface area contributed by atoms with Crippen LogP contribution in [0.25, 0.3) is 0 Å². The predicted molar refractivity (Wildman–Crippen MR) is 262 cm³/mol. The van der Waals surface area contributed by atoms with Gasteiger partial charge in [-0.25, -0.2) is 0 Å². The first-order chi connectivity index (χ1) is 27.8. The SMILES string of the molecule is CCCCCCCC[N+](C)(CCCCCCCC)CCCCCCCC.CCCCCCCC[N+](C)(CCCCCCCC)CCCCCCCC.CCCC[O-].[Cl-]. The van der Waals surface area contributed by atoms with Crippen LogP contribution in [0.5, 0.6) is 0 Å². The lowest BCUT2D eigenvalue weighted by Crippen LogP contribution is -3.00. The summed E-state index contributed by atoms with van der Waals surface area (Å²) >= 11 is 0. The van der Waals surface area contributed by atoms with Gasteiger partial charge in [0.15, 0.2) is 0 Å². The van der Waals surface area contributed by atoms with E-state index in [1.807, 2.05) is 6.92 Å². The summed E-state index contributed by atoms with van der Waals surface area (Å²) in [6.45, 7) is 24.6. The van der Waals surface area contributed by atoms with E-state index in [0.29, 0.717) is 0 Å². The Hall–Kier alpha value is 0.170. The Morgan fingerprint density at radius 2 is 0.362 bits per heavy atom. The molecular formula is C54H117ClN2O. The Morgan fingerprint density at radius 1 is 0.224 bits per heavy atom. The van der Waals surface area contributed by atoms with Crippen molar-refractivity contribution >= 4 is 0 Å². The van der Waals surface area contributed by atoms with Gasteiger partial charge in [-0.1, -0.05) is 215 Å². The topological polar surface area (TPSA) is 23.1 Å². The second kappa shape index (κ2) is 55.2. The van der Waals surface area contributed by atoms with E-state index in [1.165, 1.54) is 279 Å². The van der Waals surface area contributed by atoms with Crippen LogP contribution >= 0.6 is 0 Å². The predicted octanol–water partition coefficient (Wildman–Crippen LogP) is 14.2. The van der Waals surface area contributed by atoms with Gasteiger partial charge in [0.25, 0.3) is 0 Å². The van der Waals surface area contributed by atoms with Crippen LogP contribution < -0.4 is 17.5 Å². The molecule has 58 heavy (non-hydrogen) atoms. The normalized spacial score (nSPS) is 11.5. The van der Waals surface area contributed by atoms with Gasteiger partial charge in [-0.2, -0.15) is 0 Å². The summed E-state index contributed by atoms with van der Waals surface area (Å²) in [4.78, 5) is 0. The van der Waals surface area contributed by atoms with E-state index in [2.05, 4.69) is 55.6 Å². The summed E-state index contributed by atoms with van der Waals surface area (Å²) < 4.78 is 2.71. The highest BCUT2D eigenvalue weighted by molar-refractivity contribution is 4.53. The molecule has 0 fully saturated rings. The van der Waals surface area contributed by atoms with Crippen molar-refractivity contribution in [1.82, 2.24) is 0 Å². The Kier molecular flexibility index (Phi) is 61.6. The van der Waals surface area contributed by atoms with Crippen LogP contribution in [0.15, 0.2) is 0 Å². The Morgan fingerprint density at radius 3 is 0.483 bits per heavy atom. The van der Waals surface area contributed by atoms with Gasteiger partial charge in [0.1, 0.15) is 0 Å². The molecule has 0 unspecified atom stereocenters. The molecule has 0 heterocycles. The number of nitrogens with zero attached hydrogens (tertiary/aromatic N) is 2. The quantitative estimate of drug-likeness (QED) is 0.0443. The smallest absolute Gasteiger partial charge is 0.0784 e. The van der Waals surface area contributed by atoms with Gasteiger partial charge in [0.2, 0.25) is 0 Å². The van der Waals surface area contributed by atoms with E-state index < -0.39 is 0 Å². The fraction of sp³-hybridized carbons (Fsp3) is 1.00. The molecule has 0 aliphatic heterocycles. The minimum absolute atomic E-state index is 0. The van der Waals surface area contributed by atoms with Crippen LogP contribution in [-0.2, 0) is 0 Å². The Labute approximate surface area is 377 Å². The maximum Gasteiger partial charge on any atom is 0.0784 e. The fourth-order valence-corrected chi connectivity index (χ4v) is 8.46. The average Bonchev–Trinajstić information content (AvgIpc) is 3.21. The molecule has 0 atom stereocenters. The van der Waals surface area contributed by atoms with Crippen LogP contribution in [0.3, 0.4) is 0 Å². The molecule has 0 radical (unpaired) electrons. The second-order valence-electron chi connectivity index (χ2n) is 19.2. The number of unbranched alkanes of at least 4 members (excludes halogenated alkanes) is 31. The summed E-state index contributed by atoms with van der Waals surface area (Å²) in [5.74, 6) is 0. The van der Waals surface area contributed by atoms with Gasteiger partial charge >= 0.3 is 0 Å². The summed E-state index contributed by atoms with van der Waals surface area (Å²) in [5, 5.41) is 9.53. The van der Waals surface area contributed by atoms with Gasteiger partial charge in [0, 0.05) is 0 Å². The second-order valence-corrected chi connectivity index (χ2v) is 19.2. The molecule has 3 nitrogen and oxygen atoms in total. The van der Waals surface area contributed by atoms with Crippen molar-refractivity contribution in [2.45, 2.75) is 292 Å². The van der Waals surface area contributed by atoms with Crippen molar-refractivity contribution in [3.63, 3.8) is 0 Å². The lowest BCUT2D eigenvalue weighted by atomic mass is 10.1. The Bertz CT molecular complexity index is 550. The molecule has 0 N–H and O–H groups in total. The number of hydrogen-bond acceptors (Lipinski definition) is 1. The molecule has 356 valence electrons. The van der Waals surface area contributed by atoms with E-state index in [-0.39, 0.29) is 19.0 Å². The first-order valence-electron chi connectivity index (χ1n) is 27.0. The minimum Gasteiger partial charge on any atom is -1.00 e. The largest absolute Gasteiger partial charge is 1.00 e. The number of hydrogen-bond donors (Lipinski definition) is 0. The lowest BCUT2D eigenvalue weighted by Gasteiger charge is -2.35. The first-order valence-corrected chi connectivity index (χ1v) is 27.0. The van der Waals surface area contributed by atoms with Crippen molar-refractivity contribution in [3.8, 4) is 0 Å². The van der Waals surface area contributed by atoms with Crippen LogP contribution in [0.2, 0.25) is 0 Å². The van der Waals surface area contributed by atoms with Gasteiger partial charge in [-0.05, 0) is 77.0 Å². The maximum atomic E-state index is 9.53. The molecule has 0 saturated carbocycles. The highest BCUT2D eigenvalue weighted by atomic mass is 35.5. The van der Waals surface area contributed by atoms with Gasteiger partial charge < -0.3 is 26.5 Å². The fourth-order valence-electron chi connectivity index (χ4n) is 8.46. The third kappa shape index (κ3) is 54.2. The molecular weight excluding hydrogens is 728 g/mol. The highest BCUT2D eigenvalue weighted by Crippen LogP contribution is 2.18. The number of rotatable bonds is 44. The molecule has 0 amide bonds. The van der Waals surface area contributed by atoms with Gasteiger partial charge in [0.05, 0.1) is 53.4 Å². The van der Waals surface area contributed by atoms with Crippen molar-refractivity contribution in [2.24, 2.45) is 0 Å². The van der Waals surface area contributed by atoms with E-state index in [9.17, 15) is 5.11 Å². The maximum absolute atomic E-state index is 9.53. The molecule has 0 saturated heterocycles. The molecule has 4 heteroatoms. The average molecular weight is 846 g/mol. The van der Waals surface area contributed by atoms with Crippen LogP contribution in [0.1, 0.15) is 292 Å². The summed E-state index contributed by atoms with van der Waals surface area (Å²) in [7, 11) is 5.12. The standard InChI is InChI=1S/2C25H54N.C4H9O.ClH/c2*1-5-8-11-14-17-20-23-26(4,24-21-18-15-12-9-6-2)25-22-19-16-13-10-7-3;1-2-3-4-5;/h2*5-25H2,1-4H3;2-4H2,1H3;1H/q2*+1;-1;/p-1. The van der Waals surface area contributed by atoms with Crippen LogP contribution in [0, 0.1) is 0 Å².